The average molecular weight is 429 g/mol. The molecule has 1 aromatic carbocycles. The van der Waals surface area contributed by atoms with Crippen molar-refractivity contribution >= 4 is 12.0 Å². The number of rotatable bonds is 5. The normalized spacial score (nSPS) is 18.7. The van der Waals surface area contributed by atoms with Gasteiger partial charge in [0, 0.05) is 18.3 Å². The van der Waals surface area contributed by atoms with Gasteiger partial charge in [0.05, 0.1) is 0 Å². The van der Waals surface area contributed by atoms with E-state index in [1.54, 1.807) is 12.1 Å². The van der Waals surface area contributed by atoms with Crippen LogP contribution < -0.4 is 15.4 Å². The number of benzene rings is 1. The summed E-state index contributed by atoms with van der Waals surface area (Å²) in [5.74, 6) is -0.105. The number of ether oxygens (including phenoxy) is 2. The van der Waals surface area contributed by atoms with Crippen LogP contribution in [-0.4, -0.2) is 34.7 Å². The number of halogens is 1. The van der Waals surface area contributed by atoms with E-state index in [1.165, 1.54) is 30.5 Å². The Morgan fingerprint density at radius 1 is 1.00 bits per heavy atom. The number of nitrogens with one attached hydrogen (secondary N) is 2. The molecule has 31 heavy (non-hydrogen) atoms. The maximum atomic E-state index is 13.1. The quantitative estimate of drug-likeness (QED) is 0.726. The lowest BCUT2D eigenvalue weighted by Crippen LogP contribution is -2.45. The molecule has 2 amide bonds. The zero-order chi connectivity index (χ0) is 22.4. The van der Waals surface area contributed by atoms with Crippen LogP contribution in [0.2, 0.25) is 0 Å². The van der Waals surface area contributed by atoms with Crippen LogP contribution in [0.25, 0.3) is 0 Å². The second-order valence-corrected chi connectivity index (χ2v) is 8.58. The minimum Gasteiger partial charge on any atom is -0.444 e. The number of carbonyl (C=O) groups is 2. The van der Waals surface area contributed by atoms with Gasteiger partial charge in [0.2, 0.25) is 5.88 Å². The molecule has 0 unspecified atom stereocenters. The standard InChI is InChI=1S/C23H28FN3O4/c1-23(2,3)31-22(29)27-17-10-8-16(9-11-17)26-20(28)19-5-4-14-25-21(19)30-18-12-6-15(24)7-13-18/h4-7,12-14,16-17H,8-11H2,1-3H3,(H,26,28)(H,27,29)/t16-,17+. The zero-order valence-corrected chi connectivity index (χ0v) is 18.0. The van der Waals surface area contributed by atoms with Gasteiger partial charge in [-0.2, -0.15) is 0 Å². The van der Waals surface area contributed by atoms with Gasteiger partial charge in [0.1, 0.15) is 22.7 Å². The molecule has 0 radical (unpaired) electrons. The van der Waals surface area contributed by atoms with Crippen LogP contribution in [0.3, 0.4) is 0 Å². The Balaban J connectivity index is 1.53. The van der Waals surface area contributed by atoms with Crippen LogP contribution in [0.5, 0.6) is 11.6 Å². The van der Waals surface area contributed by atoms with Crippen molar-refractivity contribution in [1.29, 1.82) is 0 Å². The van der Waals surface area contributed by atoms with E-state index in [9.17, 15) is 14.0 Å². The van der Waals surface area contributed by atoms with Crippen molar-refractivity contribution in [2.24, 2.45) is 0 Å². The maximum absolute atomic E-state index is 13.1. The SMILES string of the molecule is CC(C)(C)OC(=O)N[C@H]1CC[C@@H](NC(=O)c2cccnc2Oc2ccc(F)cc2)CC1. The minimum atomic E-state index is -0.535. The van der Waals surface area contributed by atoms with E-state index in [4.69, 9.17) is 9.47 Å². The van der Waals surface area contributed by atoms with Gasteiger partial charge in [0.15, 0.2) is 0 Å². The van der Waals surface area contributed by atoms with E-state index in [-0.39, 0.29) is 29.7 Å². The Labute approximate surface area is 181 Å². The molecule has 8 heteroatoms. The highest BCUT2D eigenvalue weighted by Crippen LogP contribution is 2.24. The predicted octanol–water partition coefficient (Wildman–Crippen LogP) is 4.58. The third kappa shape index (κ3) is 6.94. The van der Waals surface area contributed by atoms with E-state index in [2.05, 4.69) is 15.6 Å². The van der Waals surface area contributed by atoms with Crippen LogP contribution >= 0.6 is 0 Å². The number of amides is 2. The van der Waals surface area contributed by atoms with Crippen molar-refractivity contribution < 1.29 is 23.5 Å². The summed E-state index contributed by atoms with van der Waals surface area (Å²) in [6.45, 7) is 5.47. The smallest absolute Gasteiger partial charge is 0.407 e. The molecule has 0 aliphatic heterocycles. The first-order chi connectivity index (χ1) is 14.7. The highest BCUT2D eigenvalue weighted by Gasteiger charge is 2.26. The molecule has 1 aromatic heterocycles. The number of aromatic nitrogens is 1. The summed E-state index contributed by atoms with van der Waals surface area (Å²) in [7, 11) is 0. The summed E-state index contributed by atoms with van der Waals surface area (Å²) in [6, 6.07) is 8.82. The molecule has 0 atom stereocenters. The molecule has 1 heterocycles. The van der Waals surface area contributed by atoms with Crippen LogP contribution in [0.1, 0.15) is 56.8 Å². The summed E-state index contributed by atoms with van der Waals surface area (Å²) in [4.78, 5) is 28.9. The number of nitrogens with zero attached hydrogens (tertiary/aromatic N) is 1. The lowest BCUT2D eigenvalue weighted by atomic mass is 9.91. The van der Waals surface area contributed by atoms with Crippen molar-refractivity contribution in [1.82, 2.24) is 15.6 Å². The fraction of sp³-hybridized carbons (Fsp3) is 0.435. The van der Waals surface area contributed by atoms with Gasteiger partial charge in [-0.25, -0.2) is 14.2 Å². The largest absolute Gasteiger partial charge is 0.444 e. The predicted molar refractivity (Wildman–Crippen MR) is 114 cm³/mol. The fourth-order valence-electron chi connectivity index (χ4n) is 3.38. The molecule has 3 rings (SSSR count). The molecule has 166 valence electrons. The molecule has 7 nitrogen and oxygen atoms in total. The first-order valence-electron chi connectivity index (χ1n) is 10.4. The van der Waals surface area contributed by atoms with E-state index in [0.717, 1.165) is 25.7 Å². The topological polar surface area (TPSA) is 89.6 Å². The molecule has 0 bridgehead atoms. The van der Waals surface area contributed by atoms with Gasteiger partial charge in [0.25, 0.3) is 5.91 Å². The van der Waals surface area contributed by atoms with Crippen LogP contribution in [-0.2, 0) is 4.74 Å². The number of alkyl carbamates (subject to hydrolysis) is 1. The summed E-state index contributed by atoms with van der Waals surface area (Å²) >= 11 is 0. The van der Waals surface area contributed by atoms with E-state index < -0.39 is 11.7 Å². The van der Waals surface area contributed by atoms with Crippen molar-refractivity contribution in [2.75, 3.05) is 0 Å². The monoisotopic (exact) mass is 429 g/mol. The van der Waals surface area contributed by atoms with E-state index in [1.807, 2.05) is 20.8 Å². The summed E-state index contributed by atoms with van der Waals surface area (Å²) in [5.41, 5.74) is -0.229. The second-order valence-electron chi connectivity index (χ2n) is 8.58. The van der Waals surface area contributed by atoms with Crippen molar-refractivity contribution in [3.05, 3.63) is 54.0 Å². The molecule has 0 spiro atoms. The van der Waals surface area contributed by atoms with Gasteiger partial charge < -0.3 is 20.1 Å². The van der Waals surface area contributed by atoms with E-state index in [0.29, 0.717) is 11.3 Å². The molecular weight excluding hydrogens is 401 g/mol. The Bertz CT molecular complexity index is 904. The summed E-state index contributed by atoms with van der Waals surface area (Å²) < 4.78 is 24.1. The molecule has 1 saturated carbocycles. The van der Waals surface area contributed by atoms with Crippen LogP contribution in [0, 0.1) is 5.82 Å². The maximum Gasteiger partial charge on any atom is 0.407 e. The van der Waals surface area contributed by atoms with Gasteiger partial charge in [-0.3, -0.25) is 4.79 Å². The van der Waals surface area contributed by atoms with Gasteiger partial charge in [-0.1, -0.05) is 0 Å². The minimum absolute atomic E-state index is 0.0111. The Morgan fingerprint density at radius 2 is 1.61 bits per heavy atom. The lowest BCUT2D eigenvalue weighted by Gasteiger charge is -2.30. The number of pyridine rings is 1. The van der Waals surface area contributed by atoms with Crippen molar-refractivity contribution in [3.8, 4) is 11.6 Å². The molecular formula is C23H28FN3O4. The van der Waals surface area contributed by atoms with Crippen LogP contribution in [0.4, 0.5) is 9.18 Å². The Kier molecular flexibility index (Phi) is 7.09. The van der Waals surface area contributed by atoms with E-state index >= 15 is 0 Å². The number of hydrogen-bond acceptors (Lipinski definition) is 5. The first kappa shape index (κ1) is 22.5. The average Bonchev–Trinajstić information content (AvgIpc) is 2.70. The first-order valence-corrected chi connectivity index (χ1v) is 10.4. The molecule has 2 aromatic rings. The summed E-state index contributed by atoms with van der Waals surface area (Å²) in [6.07, 6.45) is 4.08. The van der Waals surface area contributed by atoms with Crippen molar-refractivity contribution in [3.63, 3.8) is 0 Å². The Hall–Kier alpha value is -3.16. The fourth-order valence-corrected chi connectivity index (χ4v) is 3.38. The number of hydrogen-bond donors (Lipinski definition) is 2. The Morgan fingerprint density at radius 3 is 2.23 bits per heavy atom. The third-order valence-corrected chi connectivity index (χ3v) is 4.83. The van der Waals surface area contributed by atoms with Crippen molar-refractivity contribution in [2.45, 2.75) is 64.1 Å². The number of carbonyl (C=O) groups excluding carboxylic acids is 2. The van der Waals surface area contributed by atoms with Crippen LogP contribution in [0.15, 0.2) is 42.6 Å². The summed E-state index contributed by atoms with van der Waals surface area (Å²) in [5, 5.41) is 5.91. The lowest BCUT2D eigenvalue weighted by molar-refractivity contribution is 0.0488. The molecule has 2 N–H and O–H groups in total. The van der Waals surface area contributed by atoms with Gasteiger partial charge >= 0.3 is 6.09 Å². The molecule has 1 fully saturated rings. The molecule has 1 aliphatic rings. The molecule has 1 aliphatic carbocycles. The zero-order valence-electron chi connectivity index (χ0n) is 18.0. The molecule has 0 saturated heterocycles. The highest BCUT2D eigenvalue weighted by molar-refractivity contribution is 5.96. The van der Waals surface area contributed by atoms with Gasteiger partial charge in [-0.05, 0) is 82.9 Å². The third-order valence-electron chi connectivity index (χ3n) is 4.83. The van der Waals surface area contributed by atoms with Gasteiger partial charge in [-0.15, -0.1) is 0 Å². The highest BCUT2D eigenvalue weighted by atomic mass is 19.1. The second kappa shape index (κ2) is 9.76.